The normalized spacial score (nSPS) is 13.9. The summed E-state index contributed by atoms with van der Waals surface area (Å²) in [4.78, 5) is 0. The topological polar surface area (TPSA) is 60.0 Å². The van der Waals surface area contributed by atoms with Gasteiger partial charge in [0.15, 0.2) is 0 Å². The van der Waals surface area contributed by atoms with Crippen LogP contribution >= 0.6 is 0 Å². The Bertz CT molecular complexity index is 384. The molecule has 0 heterocycles. The number of hydrogen-bond donors (Lipinski definition) is 2. The summed E-state index contributed by atoms with van der Waals surface area (Å²) in [5.74, 6) is 1.56. The van der Waals surface area contributed by atoms with Crippen molar-refractivity contribution in [3.8, 4) is 11.5 Å². The van der Waals surface area contributed by atoms with Crippen LogP contribution in [-0.4, -0.2) is 45.7 Å². The molecule has 5 nitrogen and oxygen atoms in total. The van der Waals surface area contributed by atoms with E-state index in [1.165, 1.54) is 0 Å². The van der Waals surface area contributed by atoms with E-state index in [0.29, 0.717) is 6.61 Å². The van der Waals surface area contributed by atoms with Crippen LogP contribution in [0.5, 0.6) is 11.5 Å². The molecule has 2 unspecified atom stereocenters. The zero-order valence-corrected chi connectivity index (χ0v) is 12.0. The molecule has 0 bridgehead atoms. The fourth-order valence-electron chi connectivity index (χ4n) is 1.98. The molecule has 0 amide bonds. The molecule has 0 aromatic heterocycles. The van der Waals surface area contributed by atoms with Crippen LogP contribution in [0.4, 0.5) is 0 Å². The first kappa shape index (κ1) is 15.8. The Labute approximate surface area is 114 Å². The minimum absolute atomic E-state index is 0.0114. The van der Waals surface area contributed by atoms with Gasteiger partial charge in [-0.05, 0) is 25.1 Å². The predicted octanol–water partition coefficient (Wildman–Crippen LogP) is 1.36. The largest absolute Gasteiger partial charge is 0.497 e. The van der Waals surface area contributed by atoms with Crippen molar-refractivity contribution in [2.45, 2.75) is 19.0 Å². The van der Waals surface area contributed by atoms with Crippen LogP contribution in [0.25, 0.3) is 0 Å². The molecule has 2 atom stereocenters. The number of aliphatic hydroxyl groups is 1. The number of methoxy groups -OCH3 is 3. The maximum atomic E-state index is 9.28. The summed E-state index contributed by atoms with van der Waals surface area (Å²) in [5.41, 5.74) is 0.983. The van der Waals surface area contributed by atoms with E-state index in [1.807, 2.05) is 25.1 Å². The van der Waals surface area contributed by atoms with E-state index in [1.54, 1.807) is 21.3 Å². The van der Waals surface area contributed by atoms with E-state index in [0.717, 1.165) is 17.1 Å². The Morgan fingerprint density at radius 2 is 1.95 bits per heavy atom. The molecule has 1 aromatic carbocycles. The Hall–Kier alpha value is -1.30. The van der Waals surface area contributed by atoms with Crippen LogP contribution in [0.3, 0.4) is 0 Å². The molecule has 5 heteroatoms. The summed E-state index contributed by atoms with van der Waals surface area (Å²) in [6.45, 7) is 2.48. The summed E-state index contributed by atoms with van der Waals surface area (Å²) in [5, 5.41) is 12.6. The van der Waals surface area contributed by atoms with E-state index in [-0.39, 0.29) is 18.7 Å². The molecule has 0 aliphatic carbocycles. The molecule has 0 aliphatic rings. The predicted molar refractivity (Wildman–Crippen MR) is 73.8 cm³/mol. The number of hydrogen-bond acceptors (Lipinski definition) is 5. The number of nitrogens with one attached hydrogen (secondary N) is 1. The zero-order valence-electron chi connectivity index (χ0n) is 12.0. The number of aliphatic hydroxyl groups excluding tert-OH is 1. The highest BCUT2D eigenvalue weighted by molar-refractivity contribution is 5.42. The minimum atomic E-state index is -0.115. The highest BCUT2D eigenvalue weighted by Gasteiger charge is 2.16. The molecule has 19 heavy (non-hydrogen) atoms. The molecule has 1 rings (SSSR count). The van der Waals surface area contributed by atoms with Gasteiger partial charge in [-0.1, -0.05) is 0 Å². The summed E-state index contributed by atoms with van der Waals surface area (Å²) >= 11 is 0. The van der Waals surface area contributed by atoms with Crippen molar-refractivity contribution >= 4 is 0 Å². The van der Waals surface area contributed by atoms with Gasteiger partial charge >= 0.3 is 0 Å². The maximum absolute atomic E-state index is 9.28. The highest BCUT2D eigenvalue weighted by Crippen LogP contribution is 2.29. The quantitative estimate of drug-likeness (QED) is 0.746. The zero-order chi connectivity index (χ0) is 14.3. The SMILES string of the molecule is COCC(CO)NC(C)c1cc(OC)ccc1OC. The Morgan fingerprint density at radius 1 is 1.21 bits per heavy atom. The van der Waals surface area contributed by atoms with Gasteiger partial charge in [0.1, 0.15) is 11.5 Å². The summed E-state index contributed by atoms with van der Waals surface area (Å²) < 4.78 is 15.6. The second-order valence-electron chi connectivity index (χ2n) is 4.33. The Kier molecular flexibility index (Phi) is 6.62. The van der Waals surface area contributed by atoms with Gasteiger partial charge < -0.3 is 24.6 Å². The average molecular weight is 269 g/mol. The standard InChI is InChI=1S/C14H23NO4/c1-10(15-11(8-16)9-17-2)13-7-12(18-3)5-6-14(13)19-4/h5-7,10-11,15-16H,8-9H2,1-4H3. The molecule has 0 fully saturated rings. The summed E-state index contributed by atoms with van der Waals surface area (Å²) in [6, 6.07) is 5.55. The van der Waals surface area contributed by atoms with Gasteiger partial charge in [0.05, 0.1) is 33.5 Å². The van der Waals surface area contributed by atoms with Gasteiger partial charge in [-0.15, -0.1) is 0 Å². The van der Waals surface area contributed by atoms with E-state index in [2.05, 4.69) is 5.32 Å². The number of ether oxygens (including phenoxy) is 3. The lowest BCUT2D eigenvalue weighted by molar-refractivity contribution is 0.123. The third-order valence-electron chi connectivity index (χ3n) is 2.98. The first-order valence-corrected chi connectivity index (χ1v) is 6.24. The van der Waals surface area contributed by atoms with E-state index < -0.39 is 0 Å². The van der Waals surface area contributed by atoms with Crippen LogP contribution in [0, 0.1) is 0 Å². The van der Waals surface area contributed by atoms with Crippen LogP contribution < -0.4 is 14.8 Å². The van der Waals surface area contributed by atoms with Crippen LogP contribution in [0.15, 0.2) is 18.2 Å². The van der Waals surface area contributed by atoms with Gasteiger partial charge in [0.25, 0.3) is 0 Å². The van der Waals surface area contributed by atoms with Crippen molar-refractivity contribution in [3.63, 3.8) is 0 Å². The minimum Gasteiger partial charge on any atom is -0.497 e. The van der Waals surface area contributed by atoms with Crippen molar-refractivity contribution in [2.75, 3.05) is 34.5 Å². The van der Waals surface area contributed by atoms with Gasteiger partial charge in [-0.3, -0.25) is 0 Å². The molecular weight excluding hydrogens is 246 g/mol. The lowest BCUT2D eigenvalue weighted by Crippen LogP contribution is -2.38. The number of benzene rings is 1. The van der Waals surface area contributed by atoms with E-state index >= 15 is 0 Å². The monoisotopic (exact) mass is 269 g/mol. The van der Waals surface area contributed by atoms with Gasteiger partial charge in [-0.2, -0.15) is 0 Å². The highest BCUT2D eigenvalue weighted by atomic mass is 16.5. The third-order valence-corrected chi connectivity index (χ3v) is 2.98. The summed E-state index contributed by atoms with van der Waals surface area (Å²) in [7, 11) is 4.88. The molecule has 0 spiro atoms. The molecule has 0 radical (unpaired) electrons. The average Bonchev–Trinajstić information content (AvgIpc) is 2.45. The Morgan fingerprint density at radius 3 is 2.47 bits per heavy atom. The fourth-order valence-corrected chi connectivity index (χ4v) is 1.98. The van der Waals surface area contributed by atoms with Gasteiger partial charge in [0, 0.05) is 18.7 Å². The van der Waals surface area contributed by atoms with Crippen LogP contribution in [0.1, 0.15) is 18.5 Å². The van der Waals surface area contributed by atoms with Crippen molar-refractivity contribution in [3.05, 3.63) is 23.8 Å². The van der Waals surface area contributed by atoms with Gasteiger partial charge in [-0.25, -0.2) is 0 Å². The smallest absolute Gasteiger partial charge is 0.123 e. The maximum Gasteiger partial charge on any atom is 0.123 e. The second kappa shape index (κ2) is 7.99. The number of rotatable bonds is 8. The molecule has 0 saturated carbocycles. The molecular formula is C14H23NO4. The fraction of sp³-hybridized carbons (Fsp3) is 0.571. The lowest BCUT2D eigenvalue weighted by atomic mass is 10.1. The lowest BCUT2D eigenvalue weighted by Gasteiger charge is -2.23. The Balaban J connectivity index is 2.87. The first-order valence-electron chi connectivity index (χ1n) is 6.24. The van der Waals surface area contributed by atoms with Crippen LogP contribution in [-0.2, 0) is 4.74 Å². The third kappa shape index (κ3) is 4.38. The molecule has 0 saturated heterocycles. The molecule has 108 valence electrons. The van der Waals surface area contributed by atoms with E-state index in [4.69, 9.17) is 14.2 Å². The second-order valence-corrected chi connectivity index (χ2v) is 4.33. The van der Waals surface area contributed by atoms with Crippen molar-refractivity contribution in [1.82, 2.24) is 5.32 Å². The molecule has 1 aromatic rings. The molecule has 2 N–H and O–H groups in total. The van der Waals surface area contributed by atoms with Crippen molar-refractivity contribution in [1.29, 1.82) is 0 Å². The van der Waals surface area contributed by atoms with Crippen LogP contribution in [0.2, 0.25) is 0 Å². The first-order chi connectivity index (χ1) is 9.15. The summed E-state index contributed by atoms with van der Waals surface area (Å²) in [6.07, 6.45) is 0. The van der Waals surface area contributed by atoms with Gasteiger partial charge in [0.2, 0.25) is 0 Å². The molecule has 0 aliphatic heterocycles. The van der Waals surface area contributed by atoms with Crippen molar-refractivity contribution in [2.24, 2.45) is 0 Å². The van der Waals surface area contributed by atoms with E-state index in [9.17, 15) is 5.11 Å². The van der Waals surface area contributed by atoms with Crippen molar-refractivity contribution < 1.29 is 19.3 Å².